The molecule has 24 heavy (non-hydrogen) atoms. The van der Waals surface area contributed by atoms with Crippen molar-refractivity contribution in [2.24, 2.45) is 11.7 Å². The van der Waals surface area contributed by atoms with Crippen LogP contribution in [0, 0.1) is 5.92 Å². The zero-order chi connectivity index (χ0) is 17.9. The van der Waals surface area contributed by atoms with Crippen molar-refractivity contribution < 1.29 is 9.59 Å². The van der Waals surface area contributed by atoms with Crippen molar-refractivity contribution in [1.82, 2.24) is 10.3 Å². The first kappa shape index (κ1) is 18.4. The van der Waals surface area contributed by atoms with Gasteiger partial charge in [0.2, 0.25) is 5.91 Å². The second-order valence-electron chi connectivity index (χ2n) is 6.30. The summed E-state index contributed by atoms with van der Waals surface area (Å²) in [7, 11) is 0. The number of amides is 2. The minimum absolute atomic E-state index is 0.209. The Morgan fingerprint density at radius 3 is 2.71 bits per heavy atom. The van der Waals surface area contributed by atoms with Gasteiger partial charge in [0.1, 0.15) is 16.2 Å². The molecule has 2 aromatic rings. The van der Waals surface area contributed by atoms with Gasteiger partial charge < -0.3 is 11.1 Å². The van der Waals surface area contributed by atoms with Crippen LogP contribution in [0.3, 0.4) is 0 Å². The van der Waals surface area contributed by atoms with Crippen molar-refractivity contribution in [1.29, 1.82) is 0 Å². The summed E-state index contributed by atoms with van der Waals surface area (Å²) in [4.78, 5) is 28.6. The Morgan fingerprint density at radius 2 is 2.12 bits per heavy atom. The lowest BCUT2D eigenvalue weighted by Crippen LogP contribution is -2.56. The molecule has 0 fully saturated rings. The third-order valence-electron chi connectivity index (χ3n) is 3.56. The van der Waals surface area contributed by atoms with Crippen molar-refractivity contribution in [3.05, 3.63) is 40.4 Å². The van der Waals surface area contributed by atoms with E-state index in [0.717, 1.165) is 5.56 Å². The van der Waals surface area contributed by atoms with E-state index in [1.807, 2.05) is 26.0 Å². The fourth-order valence-electron chi connectivity index (χ4n) is 2.48. The molecule has 0 aliphatic carbocycles. The number of thiazole rings is 1. The zero-order valence-electron chi connectivity index (χ0n) is 13.8. The summed E-state index contributed by atoms with van der Waals surface area (Å²) in [6, 6.07) is 7.26. The first-order valence-corrected chi connectivity index (χ1v) is 8.81. The molecule has 0 saturated carbocycles. The Hall–Kier alpha value is -1.92. The van der Waals surface area contributed by atoms with Gasteiger partial charge in [-0.3, -0.25) is 9.59 Å². The molecule has 3 N–H and O–H groups in total. The number of nitrogens with one attached hydrogen (secondary N) is 1. The number of hydrogen-bond acceptors (Lipinski definition) is 4. The molecular formula is C17H20ClN3O2S. The van der Waals surface area contributed by atoms with Crippen molar-refractivity contribution in [2.75, 3.05) is 0 Å². The summed E-state index contributed by atoms with van der Waals surface area (Å²) in [6.07, 6.45) is 0.458. The molecule has 0 aliphatic heterocycles. The van der Waals surface area contributed by atoms with E-state index in [1.165, 1.54) is 11.3 Å². The van der Waals surface area contributed by atoms with Gasteiger partial charge in [-0.05, 0) is 31.4 Å². The number of hydrogen-bond donors (Lipinski definition) is 2. The van der Waals surface area contributed by atoms with Gasteiger partial charge in [0, 0.05) is 16.0 Å². The molecule has 1 aromatic carbocycles. The van der Waals surface area contributed by atoms with E-state index >= 15 is 0 Å². The van der Waals surface area contributed by atoms with E-state index in [0.29, 0.717) is 16.5 Å². The summed E-state index contributed by atoms with van der Waals surface area (Å²) in [5, 5.41) is 5.67. The van der Waals surface area contributed by atoms with Crippen LogP contribution in [0.15, 0.2) is 29.6 Å². The average molecular weight is 366 g/mol. The number of carbonyl (C=O) groups excluding carboxylic acids is 2. The summed E-state index contributed by atoms with van der Waals surface area (Å²) in [5.41, 5.74) is 5.46. The molecule has 0 aliphatic rings. The average Bonchev–Trinajstić information content (AvgIpc) is 2.96. The van der Waals surface area contributed by atoms with Crippen LogP contribution in [0.1, 0.15) is 37.7 Å². The number of halogens is 1. The third-order valence-corrected chi connectivity index (χ3v) is 4.68. The minimum atomic E-state index is -1.11. The molecular weight excluding hydrogens is 346 g/mol. The van der Waals surface area contributed by atoms with Crippen LogP contribution in [-0.4, -0.2) is 22.3 Å². The van der Waals surface area contributed by atoms with Gasteiger partial charge in [0.25, 0.3) is 5.91 Å². The van der Waals surface area contributed by atoms with Crippen LogP contribution in [0.25, 0.3) is 10.6 Å². The van der Waals surface area contributed by atoms with Crippen LogP contribution in [0.2, 0.25) is 5.02 Å². The maximum Gasteiger partial charge on any atom is 0.271 e. The molecule has 7 heteroatoms. The lowest BCUT2D eigenvalue weighted by Gasteiger charge is -2.28. The highest BCUT2D eigenvalue weighted by Crippen LogP contribution is 2.26. The SMILES string of the molecule is CC(C)CC(C)(NC(=O)c1csc(-c2cccc(Cl)c2)n1)C(N)=O. The Morgan fingerprint density at radius 1 is 1.42 bits per heavy atom. The van der Waals surface area contributed by atoms with Gasteiger partial charge in [0.15, 0.2) is 0 Å². The van der Waals surface area contributed by atoms with Gasteiger partial charge in [-0.1, -0.05) is 37.6 Å². The highest BCUT2D eigenvalue weighted by molar-refractivity contribution is 7.13. The number of carbonyl (C=O) groups is 2. The molecule has 1 aromatic heterocycles. The second-order valence-corrected chi connectivity index (χ2v) is 7.59. The number of nitrogens with zero attached hydrogens (tertiary/aromatic N) is 1. The molecule has 0 spiro atoms. The predicted molar refractivity (Wildman–Crippen MR) is 97.1 cm³/mol. The smallest absolute Gasteiger partial charge is 0.271 e. The topological polar surface area (TPSA) is 85.1 Å². The summed E-state index contributed by atoms with van der Waals surface area (Å²) >= 11 is 7.32. The fraction of sp³-hybridized carbons (Fsp3) is 0.353. The molecule has 1 atom stereocenters. The van der Waals surface area contributed by atoms with E-state index in [1.54, 1.807) is 24.4 Å². The van der Waals surface area contributed by atoms with E-state index in [9.17, 15) is 9.59 Å². The standard InChI is InChI=1S/C17H20ClN3O2S/c1-10(2)8-17(3,16(19)23)21-14(22)13-9-24-15(20-13)11-5-4-6-12(18)7-11/h4-7,9-10H,8H2,1-3H3,(H2,19,23)(H,21,22). The fourth-order valence-corrected chi connectivity index (χ4v) is 3.46. The van der Waals surface area contributed by atoms with Crippen LogP contribution in [0.4, 0.5) is 0 Å². The monoisotopic (exact) mass is 365 g/mol. The van der Waals surface area contributed by atoms with Crippen LogP contribution in [0.5, 0.6) is 0 Å². The Bertz CT molecular complexity index is 760. The van der Waals surface area contributed by atoms with Crippen molar-refractivity contribution >= 4 is 34.8 Å². The highest BCUT2D eigenvalue weighted by Gasteiger charge is 2.34. The van der Waals surface area contributed by atoms with E-state index in [4.69, 9.17) is 17.3 Å². The summed E-state index contributed by atoms with van der Waals surface area (Å²) < 4.78 is 0. The van der Waals surface area contributed by atoms with Crippen molar-refractivity contribution in [3.8, 4) is 10.6 Å². The lowest BCUT2D eigenvalue weighted by atomic mass is 9.90. The number of rotatable bonds is 6. The zero-order valence-corrected chi connectivity index (χ0v) is 15.4. The second kappa shape index (κ2) is 7.32. The van der Waals surface area contributed by atoms with Gasteiger partial charge >= 0.3 is 0 Å². The normalized spacial score (nSPS) is 13.5. The molecule has 0 saturated heterocycles. The van der Waals surface area contributed by atoms with Gasteiger partial charge in [-0.25, -0.2) is 4.98 Å². The molecule has 2 amide bonds. The molecule has 1 unspecified atom stereocenters. The van der Waals surface area contributed by atoms with E-state index in [2.05, 4.69) is 10.3 Å². The van der Waals surface area contributed by atoms with Gasteiger partial charge in [-0.2, -0.15) is 0 Å². The summed E-state index contributed by atoms with van der Waals surface area (Å²) in [6.45, 7) is 5.57. The number of primary amides is 1. The number of benzene rings is 1. The highest BCUT2D eigenvalue weighted by atomic mass is 35.5. The van der Waals surface area contributed by atoms with E-state index in [-0.39, 0.29) is 11.6 Å². The predicted octanol–water partition coefficient (Wildman–Crippen LogP) is 3.48. The van der Waals surface area contributed by atoms with Crippen LogP contribution < -0.4 is 11.1 Å². The Balaban J connectivity index is 2.20. The van der Waals surface area contributed by atoms with E-state index < -0.39 is 17.4 Å². The Kier molecular flexibility index (Phi) is 5.62. The molecule has 5 nitrogen and oxygen atoms in total. The minimum Gasteiger partial charge on any atom is -0.368 e. The third kappa shape index (κ3) is 4.33. The van der Waals surface area contributed by atoms with Crippen molar-refractivity contribution in [3.63, 3.8) is 0 Å². The maximum atomic E-state index is 12.5. The maximum absolute atomic E-state index is 12.5. The first-order valence-electron chi connectivity index (χ1n) is 7.55. The van der Waals surface area contributed by atoms with Crippen molar-refractivity contribution in [2.45, 2.75) is 32.7 Å². The van der Waals surface area contributed by atoms with Gasteiger partial charge in [-0.15, -0.1) is 11.3 Å². The molecule has 128 valence electrons. The molecule has 0 bridgehead atoms. The first-order chi connectivity index (χ1) is 11.2. The number of nitrogens with two attached hydrogens (primary N) is 1. The van der Waals surface area contributed by atoms with Crippen LogP contribution in [-0.2, 0) is 4.79 Å². The molecule has 1 heterocycles. The number of aromatic nitrogens is 1. The largest absolute Gasteiger partial charge is 0.368 e. The Labute approximate surface area is 150 Å². The summed E-state index contributed by atoms with van der Waals surface area (Å²) in [5.74, 6) is -0.767. The molecule has 0 radical (unpaired) electrons. The van der Waals surface area contributed by atoms with Gasteiger partial charge in [0.05, 0.1) is 0 Å². The quantitative estimate of drug-likeness (QED) is 0.821. The van der Waals surface area contributed by atoms with Crippen LogP contribution >= 0.6 is 22.9 Å². The molecule has 2 rings (SSSR count). The lowest BCUT2D eigenvalue weighted by molar-refractivity contribution is -0.124.